The second-order valence-corrected chi connectivity index (χ2v) is 8.19. The molecule has 1 aromatic rings. The van der Waals surface area contributed by atoms with Gasteiger partial charge in [0.2, 0.25) is 5.91 Å². The molecule has 0 spiro atoms. The lowest BCUT2D eigenvalue weighted by Gasteiger charge is -2.28. The molecule has 2 aliphatic heterocycles. The van der Waals surface area contributed by atoms with Gasteiger partial charge in [0.25, 0.3) is 5.91 Å². The quantitative estimate of drug-likeness (QED) is 0.713. The summed E-state index contributed by atoms with van der Waals surface area (Å²) >= 11 is 0. The van der Waals surface area contributed by atoms with Gasteiger partial charge in [0.1, 0.15) is 0 Å². The molecule has 0 bridgehead atoms. The van der Waals surface area contributed by atoms with E-state index in [0.717, 1.165) is 57.7 Å². The number of hydrogen-bond acceptors (Lipinski definition) is 6. The minimum atomic E-state index is -0.473. The Bertz CT molecular complexity index is 769. The zero-order chi connectivity index (χ0) is 20.9. The van der Waals surface area contributed by atoms with Gasteiger partial charge >= 0.3 is 5.97 Å². The summed E-state index contributed by atoms with van der Waals surface area (Å²) in [7, 11) is 0. The summed E-state index contributed by atoms with van der Waals surface area (Å²) < 4.78 is 10.5. The maximum Gasteiger partial charge on any atom is 0.311 e. The van der Waals surface area contributed by atoms with E-state index in [0.29, 0.717) is 12.2 Å². The predicted molar refractivity (Wildman–Crippen MR) is 111 cm³/mol. The first-order valence-corrected chi connectivity index (χ1v) is 10.8. The molecule has 8 heteroatoms. The van der Waals surface area contributed by atoms with E-state index in [9.17, 15) is 14.4 Å². The number of amides is 2. The summed E-state index contributed by atoms with van der Waals surface area (Å²) in [6.07, 6.45) is 4.48. The van der Waals surface area contributed by atoms with Crippen molar-refractivity contribution in [1.82, 2.24) is 4.90 Å². The van der Waals surface area contributed by atoms with E-state index in [-0.39, 0.29) is 30.9 Å². The monoisotopic (exact) mass is 415 g/mol. The van der Waals surface area contributed by atoms with E-state index in [1.54, 1.807) is 0 Å². The fourth-order valence-corrected chi connectivity index (χ4v) is 4.49. The van der Waals surface area contributed by atoms with E-state index in [1.165, 1.54) is 0 Å². The smallest absolute Gasteiger partial charge is 0.311 e. The van der Waals surface area contributed by atoms with Gasteiger partial charge in [-0.1, -0.05) is 12.8 Å². The molecule has 0 radical (unpaired) electrons. The van der Waals surface area contributed by atoms with Crippen LogP contribution in [0.4, 0.5) is 11.4 Å². The Kier molecular flexibility index (Phi) is 6.52. The summed E-state index contributed by atoms with van der Waals surface area (Å²) in [5.41, 5.74) is 1.73. The number of carbonyl (C=O) groups excluding carboxylic acids is 3. The van der Waals surface area contributed by atoms with Crippen molar-refractivity contribution in [3.05, 3.63) is 24.3 Å². The highest BCUT2D eigenvalue weighted by Crippen LogP contribution is 2.29. The molecule has 4 rings (SSSR count). The van der Waals surface area contributed by atoms with Crippen LogP contribution in [-0.4, -0.2) is 68.2 Å². The molecule has 30 heavy (non-hydrogen) atoms. The zero-order valence-corrected chi connectivity index (χ0v) is 17.2. The minimum Gasteiger partial charge on any atom is -0.455 e. The number of hydrogen-bond donors (Lipinski definition) is 1. The van der Waals surface area contributed by atoms with Gasteiger partial charge in [-0.15, -0.1) is 0 Å². The van der Waals surface area contributed by atoms with Gasteiger partial charge in [-0.3, -0.25) is 14.4 Å². The molecular formula is C22H29N3O5. The molecule has 1 aliphatic carbocycles. The maximum atomic E-state index is 12.3. The minimum absolute atomic E-state index is 0.0219. The van der Waals surface area contributed by atoms with E-state index in [4.69, 9.17) is 9.47 Å². The number of rotatable bonds is 6. The molecule has 2 saturated heterocycles. The van der Waals surface area contributed by atoms with Crippen LogP contribution < -0.4 is 10.2 Å². The highest BCUT2D eigenvalue weighted by Gasteiger charge is 2.39. The second-order valence-electron chi connectivity index (χ2n) is 8.19. The second kappa shape index (κ2) is 9.47. The summed E-state index contributed by atoms with van der Waals surface area (Å²) in [6, 6.07) is 7.84. The number of ether oxygens (including phenoxy) is 2. The number of morpholine rings is 1. The Morgan fingerprint density at radius 1 is 1.10 bits per heavy atom. The van der Waals surface area contributed by atoms with Crippen molar-refractivity contribution < 1.29 is 23.9 Å². The Labute approximate surface area is 176 Å². The van der Waals surface area contributed by atoms with Gasteiger partial charge in [-0.2, -0.15) is 0 Å². The van der Waals surface area contributed by atoms with Gasteiger partial charge in [0.05, 0.1) is 19.1 Å². The zero-order valence-electron chi connectivity index (χ0n) is 17.2. The predicted octanol–water partition coefficient (Wildman–Crippen LogP) is 1.80. The maximum absolute atomic E-state index is 12.3. The SMILES string of the molecule is O=C(COC(=O)[C@@H]1CC(=O)N(C2CCCC2)C1)Nc1ccc(N2CCOCC2)cc1. The Balaban J connectivity index is 1.21. The van der Waals surface area contributed by atoms with Crippen molar-refractivity contribution >= 4 is 29.2 Å². The fourth-order valence-electron chi connectivity index (χ4n) is 4.49. The summed E-state index contributed by atoms with van der Waals surface area (Å²) in [4.78, 5) is 40.8. The molecule has 3 fully saturated rings. The van der Waals surface area contributed by atoms with Crippen molar-refractivity contribution in [1.29, 1.82) is 0 Å². The van der Waals surface area contributed by atoms with Crippen LogP contribution in [0.25, 0.3) is 0 Å². The number of nitrogens with one attached hydrogen (secondary N) is 1. The first-order valence-electron chi connectivity index (χ1n) is 10.8. The molecule has 0 unspecified atom stereocenters. The van der Waals surface area contributed by atoms with Crippen LogP contribution in [0, 0.1) is 5.92 Å². The number of likely N-dealkylation sites (tertiary alicyclic amines) is 1. The molecule has 1 saturated carbocycles. The van der Waals surface area contributed by atoms with Crippen molar-refractivity contribution in [2.75, 3.05) is 49.7 Å². The third-order valence-electron chi connectivity index (χ3n) is 6.13. The van der Waals surface area contributed by atoms with E-state index in [1.807, 2.05) is 29.2 Å². The lowest BCUT2D eigenvalue weighted by Crippen LogP contribution is -2.36. The molecule has 1 N–H and O–H groups in total. The standard InChI is InChI=1S/C22H29N3O5/c26-20(23-17-5-7-18(8-6-17)24-9-11-29-12-10-24)15-30-22(28)16-13-21(27)25(14-16)19-3-1-2-4-19/h5-8,16,19H,1-4,9-15H2,(H,23,26)/t16-/m1/s1. The summed E-state index contributed by atoms with van der Waals surface area (Å²) in [6.45, 7) is 3.20. The molecule has 3 aliphatic rings. The summed E-state index contributed by atoms with van der Waals surface area (Å²) in [5.74, 6) is -1.31. The highest BCUT2D eigenvalue weighted by atomic mass is 16.5. The number of carbonyl (C=O) groups is 3. The average Bonchev–Trinajstić information content (AvgIpc) is 3.43. The van der Waals surface area contributed by atoms with Crippen molar-refractivity contribution in [2.45, 2.75) is 38.1 Å². The van der Waals surface area contributed by atoms with Gasteiger partial charge in [0, 0.05) is 43.5 Å². The molecule has 162 valence electrons. The molecule has 2 amide bonds. The number of anilines is 2. The van der Waals surface area contributed by atoms with E-state index in [2.05, 4.69) is 10.2 Å². The highest BCUT2D eigenvalue weighted by molar-refractivity contribution is 5.93. The van der Waals surface area contributed by atoms with Gasteiger partial charge < -0.3 is 24.6 Å². The van der Waals surface area contributed by atoms with Gasteiger partial charge in [-0.05, 0) is 37.1 Å². The van der Waals surface area contributed by atoms with Gasteiger partial charge in [-0.25, -0.2) is 0 Å². The first-order chi connectivity index (χ1) is 14.6. The normalized spacial score (nSPS) is 22.4. The van der Waals surface area contributed by atoms with Crippen LogP contribution in [0.2, 0.25) is 0 Å². The van der Waals surface area contributed by atoms with Crippen molar-refractivity contribution in [2.24, 2.45) is 5.92 Å². The largest absolute Gasteiger partial charge is 0.455 e. The topological polar surface area (TPSA) is 88.2 Å². The first kappa shape index (κ1) is 20.7. The van der Waals surface area contributed by atoms with Crippen molar-refractivity contribution in [3.8, 4) is 0 Å². The molecule has 0 aromatic heterocycles. The number of benzene rings is 1. The molecule has 2 heterocycles. The van der Waals surface area contributed by atoms with E-state index < -0.39 is 11.9 Å². The Morgan fingerprint density at radius 2 is 1.80 bits per heavy atom. The van der Waals surface area contributed by atoms with E-state index >= 15 is 0 Å². The lowest BCUT2D eigenvalue weighted by molar-refractivity contribution is -0.151. The van der Waals surface area contributed by atoms with Crippen LogP contribution in [0.15, 0.2) is 24.3 Å². The third-order valence-corrected chi connectivity index (χ3v) is 6.13. The lowest BCUT2D eigenvalue weighted by atomic mass is 10.1. The van der Waals surface area contributed by atoms with Crippen LogP contribution in [0.1, 0.15) is 32.1 Å². The number of nitrogens with zero attached hydrogens (tertiary/aromatic N) is 2. The summed E-state index contributed by atoms with van der Waals surface area (Å²) in [5, 5.41) is 2.74. The van der Waals surface area contributed by atoms with Crippen LogP contribution in [0.3, 0.4) is 0 Å². The van der Waals surface area contributed by atoms with Crippen LogP contribution >= 0.6 is 0 Å². The van der Waals surface area contributed by atoms with Crippen LogP contribution in [-0.2, 0) is 23.9 Å². The molecule has 1 atom stereocenters. The van der Waals surface area contributed by atoms with Crippen LogP contribution in [0.5, 0.6) is 0 Å². The fraction of sp³-hybridized carbons (Fsp3) is 0.591. The van der Waals surface area contributed by atoms with Crippen molar-refractivity contribution in [3.63, 3.8) is 0 Å². The molecule has 8 nitrogen and oxygen atoms in total. The molecular weight excluding hydrogens is 386 g/mol. The van der Waals surface area contributed by atoms with Gasteiger partial charge in [0.15, 0.2) is 6.61 Å². The molecule has 1 aromatic carbocycles. The average molecular weight is 415 g/mol. The third kappa shape index (κ3) is 4.92. The number of esters is 1. The Hall–Kier alpha value is -2.61. The Morgan fingerprint density at radius 3 is 2.50 bits per heavy atom.